The average Bonchev–Trinajstić information content (AvgIpc) is 3.54. The van der Waals surface area contributed by atoms with Crippen LogP contribution in [0.3, 0.4) is 0 Å². The van der Waals surface area contributed by atoms with Crippen molar-refractivity contribution in [1.82, 2.24) is 25.3 Å². The molecule has 0 spiro atoms. The summed E-state index contributed by atoms with van der Waals surface area (Å²) in [5, 5.41) is 23.0. The lowest BCUT2D eigenvalue weighted by atomic mass is 9.79. The zero-order valence-corrected chi connectivity index (χ0v) is 28.5. The summed E-state index contributed by atoms with van der Waals surface area (Å²) in [6.45, 7) is 11.9. The largest absolute Gasteiger partial charge is 0.390 e. The van der Waals surface area contributed by atoms with Crippen LogP contribution in [-0.2, 0) is 14.4 Å². The van der Waals surface area contributed by atoms with Gasteiger partial charge in [-0.25, -0.2) is 4.39 Å². The molecule has 2 fully saturated rings. The van der Waals surface area contributed by atoms with E-state index in [4.69, 9.17) is 0 Å². The molecule has 258 valence electrons. The van der Waals surface area contributed by atoms with Crippen LogP contribution in [-0.4, -0.2) is 74.2 Å². The molecule has 1 aromatic carbocycles. The molecule has 12 heteroatoms. The van der Waals surface area contributed by atoms with Crippen LogP contribution in [0.4, 0.5) is 10.1 Å². The number of aromatic nitrogens is 2. The van der Waals surface area contributed by atoms with Gasteiger partial charge in [0.15, 0.2) is 0 Å². The lowest BCUT2D eigenvalue weighted by Gasteiger charge is -2.38. The summed E-state index contributed by atoms with van der Waals surface area (Å²) in [6, 6.07) is 4.12. The first-order valence-electron chi connectivity index (χ1n) is 17.0. The van der Waals surface area contributed by atoms with Gasteiger partial charge in [0.1, 0.15) is 23.6 Å². The van der Waals surface area contributed by atoms with E-state index in [9.17, 15) is 24.3 Å². The SMILES string of the molecule is CCC(=O)N[C@@H](C(=O)N1CCC(C)(O)CC1)[C@@H](C)c1ccc(NC(=O)[C@@H](NC(=O)c2ccnn2C(C)C)[C@H]2CC[C@H](C)CC2)c(F)c1. The number of hydrogen-bond donors (Lipinski definition) is 4. The van der Waals surface area contributed by atoms with Crippen molar-refractivity contribution in [1.29, 1.82) is 0 Å². The highest BCUT2D eigenvalue weighted by molar-refractivity contribution is 6.00. The molecule has 1 aromatic heterocycles. The van der Waals surface area contributed by atoms with Gasteiger partial charge in [0.05, 0.1) is 11.3 Å². The third-order valence-electron chi connectivity index (χ3n) is 9.83. The van der Waals surface area contributed by atoms with Gasteiger partial charge in [-0.15, -0.1) is 0 Å². The number of benzene rings is 1. The van der Waals surface area contributed by atoms with Gasteiger partial charge in [-0.05, 0) is 82.1 Å². The van der Waals surface area contributed by atoms with Gasteiger partial charge in [-0.2, -0.15) is 5.10 Å². The summed E-state index contributed by atoms with van der Waals surface area (Å²) in [4.78, 5) is 54.7. The van der Waals surface area contributed by atoms with Crippen molar-refractivity contribution in [3.63, 3.8) is 0 Å². The molecule has 4 amide bonds. The summed E-state index contributed by atoms with van der Waals surface area (Å²) >= 11 is 0. The third kappa shape index (κ3) is 8.97. The number of carbonyl (C=O) groups excluding carboxylic acids is 4. The van der Waals surface area contributed by atoms with Crippen molar-refractivity contribution in [3.05, 3.63) is 47.5 Å². The Morgan fingerprint density at radius 1 is 1.04 bits per heavy atom. The van der Waals surface area contributed by atoms with E-state index < -0.39 is 41.2 Å². The Hall–Kier alpha value is -3.80. The molecule has 1 saturated carbocycles. The number of aliphatic hydroxyl groups is 1. The second kappa shape index (κ2) is 15.4. The van der Waals surface area contributed by atoms with Gasteiger partial charge in [0.25, 0.3) is 5.91 Å². The first-order valence-corrected chi connectivity index (χ1v) is 17.0. The first kappa shape index (κ1) is 36.0. The molecule has 47 heavy (non-hydrogen) atoms. The van der Waals surface area contributed by atoms with Crippen molar-refractivity contribution in [2.24, 2.45) is 11.8 Å². The molecule has 0 bridgehead atoms. The minimum Gasteiger partial charge on any atom is -0.390 e. The fourth-order valence-electron chi connectivity index (χ4n) is 6.54. The van der Waals surface area contributed by atoms with Crippen LogP contribution in [0.15, 0.2) is 30.5 Å². The Labute approximate surface area is 277 Å². The average molecular weight is 655 g/mol. The number of rotatable bonds is 11. The lowest BCUT2D eigenvalue weighted by Crippen LogP contribution is -2.54. The molecule has 2 heterocycles. The van der Waals surface area contributed by atoms with E-state index in [0.717, 1.165) is 25.7 Å². The zero-order valence-electron chi connectivity index (χ0n) is 28.5. The molecule has 0 unspecified atom stereocenters. The van der Waals surface area contributed by atoms with Crippen LogP contribution in [0.5, 0.6) is 0 Å². The molecule has 2 aliphatic rings. The van der Waals surface area contributed by atoms with Crippen LogP contribution >= 0.6 is 0 Å². The van der Waals surface area contributed by atoms with Crippen molar-refractivity contribution < 1.29 is 28.7 Å². The van der Waals surface area contributed by atoms with E-state index >= 15 is 4.39 Å². The van der Waals surface area contributed by atoms with Crippen molar-refractivity contribution in [2.45, 2.75) is 116 Å². The lowest BCUT2D eigenvalue weighted by molar-refractivity contribution is -0.140. The van der Waals surface area contributed by atoms with Crippen molar-refractivity contribution in [3.8, 4) is 0 Å². The van der Waals surface area contributed by atoms with Crippen LogP contribution in [0.25, 0.3) is 0 Å². The van der Waals surface area contributed by atoms with Crippen LogP contribution in [0.2, 0.25) is 0 Å². The molecular formula is C35H51FN6O5. The van der Waals surface area contributed by atoms with Gasteiger partial charge in [0, 0.05) is 37.7 Å². The highest BCUT2D eigenvalue weighted by Crippen LogP contribution is 2.32. The number of likely N-dealkylation sites (tertiary alicyclic amines) is 1. The summed E-state index contributed by atoms with van der Waals surface area (Å²) in [5.74, 6) is -2.36. The smallest absolute Gasteiger partial charge is 0.270 e. The quantitative estimate of drug-likeness (QED) is 0.280. The predicted molar refractivity (Wildman–Crippen MR) is 177 cm³/mol. The highest BCUT2D eigenvalue weighted by Gasteiger charge is 2.37. The topological polar surface area (TPSA) is 146 Å². The number of hydrogen-bond acceptors (Lipinski definition) is 6. The number of amides is 4. The molecule has 1 aliphatic heterocycles. The number of carbonyl (C=O) groups is 4. The molecule has 1 aliphatic carbocycles. The van der Waals surface area contributed by atoms with Gasteiger partial charge in [-0.1, -0.05) is 39.7 Å². The molecule has 1 saturated heterocycles. The summed E-state index contributed by atoms with van der Waals surface area (Å²) in [6.07, 6.45) is 5.96. The standard InChI is InChI=1S/C35H51FN6O5/c1-7-29(43)39-30(34(46)41-18-15-35(6,47)16-19-41)23(5)25-12-13-27(26(36)20-25)38-33(45)31(24-10-8-22(4)9-11-24)40-32(44)28-14-17-37-42(28)21(2)3/h12-14,17,20-24,30-31,47H,7-11,15-16,18-19H2,1-6H3,(H,38,45)(H,39,43)(H,40,44)/t22-,23-,24-,30+,31-/m0/s1. The van der Waals surface area contributed by atoms with E-state index in [1.165, 1.54) is 12.1 Å². The van der Waals surface area contributed by atoms with E-state index in [0.29, 0.717) is 43.1 Å². The van der Waals surface area contributed by atoms with Crippen LogP contribution in [0, 0.1) is 17.7 Å². The number of piperidine rings is 1. The Balaban J connectivity index is 1.52. The van der Waals surface area contributed by atoms with E-state index in [1.54, 1.807) is 48.7 Å². The number of anilines is 1. The molecule has 0 radical (unpaired) electrons. The monoisotopic (exact) mass is 654 g/mol. The van der Waals surface area contributed by atoms with E-state index in [2.05, 4.69) is 28.0 Å². The van der Waals surface area contributed by atoms with Crippen molar-refractivity contribution in [2.75, 3.05) is 18.4 Å². The number of nitrogens with zero attached hydrogens (tertiary/aromatic N) is 3. The Bertz CT molecular complexity index is 1420. The zero-order chi connectivity index (χ0) is 34.5. The summed E-state index contributed by atoms with van der Waals surface area (Å²) in [5.41, 5.74) is -0.0599. The fourth-order valence-corrected chi connectivity index (χ4v) is 6.54. The Morgan fingerprint density at radius 3 is 2.30 bits per heavy atom. The summed E-state index contributed by atoms with van der Waals surface area (Å²) < 4.78 is 17.3. The molecule has 2 aromatic rings. The van der Waals surface area contributed by atoms with Gasteiger partial charge in [-0.3, -0.25) is 23.9 Å². The Kier molecular flexibility index (Phi) is 11.8. The van der Waals surface area contributed by atoms with Gasteiger partial charge < -0.3 is 26.0 Å². The maximum atomic E-state index is 15.7. The third-order valence-corrected chi connectivity index (χ3v) is 9.83. The van der Waals surface area contributed by atoms with E-state index in [1.807, 2.05) is 13.8 Å². The second-order valence-electron chi connectivity index (χ2n) is 14.0. The number of halogens is 1. The molecule has 3 atom stereocenters. The minimum absolute atomic E-state index is 0.0414. The maximum absolute atomic E-state index is 15.7. The minimum atomic E-state index is -0.932. The van der Waals surface area contributed by atoms with Gasteiger partial charge in [0.2, 0.25) is 17.7 Å². The van der Waals surface area contributed by atoms with E-state index in [-0.39, 0.29) is 35.9 Å². The van der Waals surface area contributed by atoms with Crippen molar-refractivity contribution >= 4 is 29.3 Å². The Morgan fingerprint density at radius 2 is 1.70 bits per heavy atom. The predicted octanol–water partition coefficient (Wildman–Crippen LogP) is 4.54. The van der Waals surface area contributed by atoms with Gasteiger partial charge >= 0.3 is 0 Å². The fraction of sp³-hybridized carbons (Fsp3) is 0.629. The number of nitrogens with one attached hydrogen (secondary N) is 3. The molecule has 4 rings (SSSR count). The second-order valence-corrected chi connectivity index (χ2v) is 14.0. The normalized spacial score (nSPS) is 21.4. The summed E-state index contributed by atoms with van der Waals surface area (Å²) in [7, 11) is 0. The van der Waals surface area contributed by atoms with Crippen LogP contribution < -0.4 is 16.0 Å². The molecular weight excluding hydrogens is 603 g/mol. The maximum Gasteiger partial charge on any atom is 0.270 e. The highest BCUT2D eigenvalue weighted by atomic mass is 19.1. The molecule has 11 nitrogen and oxygen atoms in total. The molecule has 4 N–H and O–H groups in total. The van der Waals surface area contributed by atoms with Crippen LogP contribution in [0.1, 0.15) is 114 Å². The first-order chi connectivity index (χ1) is 22.2.